The van der Waals surface area contributed by atoms with E-state index in [1.54, 1.807) is 18.2 Å². The van der Waals surface area contributed by atoms with E-state index in [0.717, 1.165) is 0 Å². The number of rotatable bonds is 1. The molecule has 0 unspecified atom stereocenters. The highest BCUT2D eigenvalue weighted by Crippen LogP contribution is 2.27. The Morgan fingerprint density at radius 2 is 2.17 bits per heavy atom. The summed E-state index contributed by atoms with van der Waals surface area (Å²) >= 11 is 14.6. The number of oxime groups is 1. The van der Waals surface area contributed by atoms with Crippen molar-refractivity contribution in [3.8, 4) is 0 Å². The minimum Gasteiger partial charge on any atom is -0.410 e. The molecular formula is C7H4BrCl2NO. The molecule has 0 saturated heterocycles. The Hall–Kier alpha value is -0.250. The molecule has 0 saturated carbocycles. The molecule has 1 aromatic rings. The zero-order valence-corrected chi connectivity index (χ0v) is 8.86. The van der Waals surface area contributed by atoms with Crippen molar-refractivity contribution < 1.29 is 5.21 Å². The van der Waals surface area contributed by atoms with Crippen molar-refractivity contribution in [2.75, 3.05) is 0 Å². The maximum absolute atomic E-state index is 8.39. The second-order valence-electron chi connectivity index (χ2n) is 1.99. The van der Waals surface area contributed by atoms with E-state index in [0.29, 0.717) is 15.1 Å². The van der Waals surface area contributed by atoms with Crippen LogP contribution in [0.4, 0.5) is 0 Å². The van der Waals surface area contributed by atoms with Crippen LogP contribution in [0, 0.1) is 0 Å². The first-order valence-electron chi connectivity index (χ1n) is 2.98. The fourth-order valence-electron chi connectivity index (χ4n) is 0.717. The van der Waals surface area contributed by atoms with Gasteiger partial charge >= 0.3 is 0 Å². The Balaban J connectivity index is 3.26. The first kappa shape index (κ1) is 9.84. The molecule has 2 nitrogen and oxygen atoms in total. The van der Waals surface area contributed by atoms with E-state index >= 15 is 0 Å². The SMILES string of the molecule is O/N=C(\Cl)c1cccc(Br)c1Cl. The maximum Gasteiger partial charge on any atom is 0.176 e. The molecule has 0 fully saturated rings. The summed E-state index contributed by atoms with van der Waals surface area (Å²) in [6, 6.07) is 5.18. The third-order valence-corrected chi connectivity index (χ3v) is 2.84. The first-order valence-corrected chi connectivity index (χ1v) is 4.53. The molecule has 0 bridgehead atoms. The Morgan fingerprint density at radius 3 is 2.75 bits per heavy atom. The average molecular weight is 269 g/mol. The van der Waals surface area contributed by atoms with Crippen molar-refractivity contribution in [2.24, 2.45) is 5.16 Å². The van der Waals surface area contributed by atoms with Crippen LogP contribution < -0.4 is 0 Å². The van der Waals surface area contributed by atoms with Crippen molar-refractivity contribution in [1.29, 1.82) is 0 Å². The highest BCUT2D eigenvalue weighted by molar-refractivity contribution is 9.10. The predicted octanol–water partition coefficient (Wildman–Crippen LogP) is 3.48. The van der Waals surface area contributed by atoms with Crippen LogP contribution in [0.15, 0.2) is 27.8 Å². The smallest absolute Gasteiger partial charge is 0.176 e. The van der Waals surface area contributed by atoms with Crippen LogP contribution in [0.2, 0.25) is 5.02 Å². The van der Waals surface area contributed by atoms with E-state index < -0.39 is 0 Å². The molecule has 12 heavy (non-hydrogen) atoms. The Labute approximate surface area is 87.9 Å². The van der Waals surface area contributed by atoms with Gasteiger partial charge in [0.2, 0.25) is 0 Å². The molecule has 1 aromatic carbocycles. The quantitative estimate of drug-likeness (QED) is 0.472. The monoisotopic (exact) mass is 267 g/mol. The van der Waals surface area contributed by atoms with Crippen LogP contribution in [0.25, 0.3) is 0 Å². The highest BCUT2D eigenvalue weighted by atomic mass is 79.9. The summed E-state index contributed by atoms with van der Waals surface area (Å²) in [6.07, 6.45) is 0. The van der Waals surface area contributed by atoms with Gasteiger partial charge in [-0.05, 0) is 22.0 Å². The van der Waals surface area contributed by atoms with Gasteiger partial charge in [0.15, 0.2) is 5.17 Å². The zero-order chi connectivity index (χ0) is 9.14. The molecule has 0 aliphatic carbocycles. The lowest BCUT2D eigenvalue weighted by Gasteiger charge is -2.01. The van der Waals surface area contributed by atoms with E-state index in [4.69, 9.17) is 28.4 Å². The second kappa shape index (κ2) is 4.12. The Kier molecular flexibility index (Phi) is 3.38. The van der Waals surface area contributed by atoms with Gasteiger partial charge in [-0.25, -0.2) is 0 Å². The molecule has 0 aliphatic heterocycles. The van der Waals surface area contributed by atoms with Crippen molar-refractivity contribution in [2.45, 2.75) is 0 Å². The molecule has 1 rings (SSSR count). The van der Waals surface area contributed by atoms with Gasteiger partial charge < -0.3 is 5.21 Å². The maximum atomic E-state index is 8.39. The number of benzene rings is 1. The van der Waals surface area contributed by atoms with E-state index in [1.165, 1.54) is 0 Å². The van der Waals surface area contributed by atoms with Crippen LogP contribution in [-0.4, -0.2) is 10.4 Å². The molecule has 1 N–H and O–H groups in total. The highest BCUT2D eigenvalue weighted by Gasteiger charge is 2.07. The molecule has 0 spiro atoms. The average Bonchev–Trinajstić information content (AvgIpc) is 2.08. The standard InChI is InChI=1S/C7H4BrCl2NO/c8-5-3-1-2-4(6(5)9)7(10)11-12/h1-3,12H/b11-7-. The van der Waals surface area contributed by atoms with Crippen molar-refractivity contribution in [3.63, 3.8) is 0 Å². The van der Waals surface area contributed by atoms with Gasteiger partial charge in [0.1, 0.15) is 0 Å². The zero-order valence-electron chi connectivity index (χ0n) is 5.76. The molecule has 0 radical (unpaired) electrons. The van der Waals surface area contributed by atoms with Crippen molar-refractivity contribution in [3.05, 3.63) is 33.3 Å². The summed E-state index contributed by atoms with van der Waals surface area (Å²) in [5.41, 5.74) is 0.496. The summed E-state index contributed by atoms with van der Waals surface area (Å²) in [6.45, 7) is 0. The van der Waals surface area contributed by atoms with Crippen LogP contribution in [0.1, 0.15) is 5.56 Å². The minimum atomic E-state index is -0.0266. The molecule has 0 amide bonds. The number of halogens is 3. The molecule has 0 atom stereocenters. The largest absolute Gasteiger partial charge is 0.410 e. The van der Waals surface area contributed by atoms with Crippen molar-refractivity contribution >= 4 is 44.3 Å². The van der Waals surface area contributed by atoms with E-state index in [2.05, 4.69) is 21.1 Å². The van der Waals surface area contributed by atoms with Gasteiger partial charge in [-0.1, -0.05) is 40.5 Å². The molecule has 64 valence electrons. The van der Waals surface area contributed by atoms with E-state index in [9.17, 15) is 0 Å². The lowest BCUT2D eigenvalue weighted by molar-refractivity contribution is 0.321. The van der Waals surface area contributed by atoms with Gasteiger partial charge in [-0.15, -0.1) is 0 Å². The van der Waals surface area contributed by atoms with Crippen LogP contribution in [-0.2, 0) is 0 Å². The van der Waals surface area contributed by atoms with Gasteiger partial charge in [0.05, 0.1) is 5.02 Å². The molecule has 0 heterocycles. The van der Waals surface area contributed by atoms with Gasteiger partial charge in [0, 0.05) is 10.0 Å². The van der Waals surface area contributed by atoms with E-state index in [1.807, 2.05) is 0 Å². The summed E-state index contributed by atoms with van der Waals surface area (Å²) < 4.78 is 0.712. The van der Waals surface area contributed by atoms with E-state index in [-0.39, 0.29) is 5.17 Å². The number of hydrogen-bond donors (Lipinski definition) is 1. The molecule has 5 heteroatoms. The second-order valence-corrected chi connectivity index (χ2v) is 3.58. The van der Waals surface area contributed by atoms with Gasteiger partial charge in [0.25, 0.3) is 0 Å². The molecule has 0 aromatic heterocycles. The summed E-state index contributed by atoms with van der Waals surface area (Å²) in [7, 11) is 0. The van der Waals surface area contributed by atoms with Gasteiger partial charge in [-0.2, -0.15) is 0 Å². The fourth-order valence-corrected chi connectivity index (χ4v) is 1.50. The lowest BCUT2D eigenvalue weighted by Crippen LogP contribution is -1.92. The first-order chi connectivity index (χ1) is 5.66. The molecular weight excluding hydrogens is 265 g/mol. The van der Waals surface area contributed by atoms with Crippen molar-refractivity contribution in [1.82, 2.24) is 0 Å². The van der Waals surface area contributed by atoms with Crippen LogP contribution >= 0.6 is 39.1 Å². The number of nitrogens with zero attached hydrogens (tertiary/aromatic N) is 1. The molecule has 0 aliphatic rings. The fraction of sp³-hybridized carbons (Fsp3) is 0. The Morgan fingerprint density at radius 1 is 1.50 bits per heavy atom. The minimum absolute atomic E-state index is 0.0266. The van der Waals surface area contributed by atoms with Crippen LogP contribution in [0.5, 0.6) is 0 Å². The summed E-state index contributed by atoms with van der Waals surface area (Å²) in [4.78, 5) is 0. The lowest BCUT2D eigenvalue weighted by atomic mass is 10.2. The van der Waals surface area contributed by atoms with Crippen LogP contribution in [0.3, 0.4) is 0 Å². The Bertz CT molecular complexity index is 327. The van der Waals surface area contributed by atoms with Gasteiger partial charge in [-0.3, -0.25) is 0 Å². The normalized spacial score (nSPS) is 11.8. The third-order valence-electron chi connectivity index (χ3n) is 1.26. The number of hydrogen-bond acceptors (Lipinski definition) is 2. The topological polar surface area (TPSA) is 32.6 Å². The summed E-state index contributed by atoms with van der Waals surface area (Å²) in [5.74, 6) is 0. The third kappa shape index (κ3) is 1.91. The predicted molar refractivity (Wildman–Crippen MR) is 53.3 cm³/mol. The summed E-state index contributed by atoms with van der Waals surface area (Å²) in [5, 5.41) is 11.6.